The zero-order valence-electron chi connectivity index (χ0n) is 7.91. The molecule has 1 rings (SSSR count). The molecule has 0 bridgehead atoms. The standard InChI is InChI=1S/C10H14N2O/c1-3-11-10-7-5-4-6-9(10)8(2)12-13/h4-7,11,13H,3H2,1-2H3/b12-8+. The van der Waals surface area contributed by atoms with Crippen molar-refractivity contribution in [1.29, 1.82) is 0 Å². The van der Waals surface area contributed by atoms with Crippen LogP contribution in [0.15, 0.2) is 29.4 Å². The molecule has 0 aliphatic heterocycles. The molecule has 0 aliphatic rings. The summed E-state index contributed by atoms with van der Waals surface area (Å²) in [6.45, 7) is 4.66. The molecular formula is C10H14N2O. The van der Waals surface area contributed by atoms with Crippen LogP contribution in [0.5, 0.6) is 0 Å². The zero-order chi connectivity index (χ0) is 9.68. The van der Waals surface area contributed by atoms with Gasteiger partial charge in [0.1, 0.15) is 0 Å². The van der Waals surface area contributed by atoms with E-state index < -0.39 is 0 Å². The minimum absolute atomic E-state index is 0.622. The fourth-order valence-electron chi connectivity index (χ4n) is 1.20. The first kappa shape index (κ1) is 9.58. The number of nitrogens with zero attached hydrogens (tertiary/aromatic N) is 1. The predicted octanol–water partition coefficient (Wildman–Crippen LogP) is 2.32. The lowest BCUT2D eigenvalue weighted by Crippen LogP contribution is -2.04. The Morgan fingerprint density at radius 1 is 1.46 bits per heavy atom. The Bertz CT molecular complexity index is 308. The van der Waals surface area contributed by atoms with E-state index in [1.165, 1.54) is 0 Å². The van der Waals surface area contributed by atoms with Crippen molar-refractivity contribution in [3.63, 3.8) is 0 Å². The van der Waals surface area contributed by atoms with Crippen LogP contribution in [0.4, 0.5) is 5.69 Å². The molecule has 2 N–H and O–H groups in total. The van der Waals surface area contributed by atoms with Crippen LogP contribution in [0.25, 0.3) is 0 Å². The Morgan fingerprint density at radius 2 is 2.15 bits per heavy atom. The van der Waals surface area contributed by atoms with E-state index in [9.17, 15) is 0 Å². The zero-order valence-corrected chi connectivity index (χ0v) is 7.91. The largest absolute Gasteiger partial charge is 0.411 e. The number of hydrogen-bond donors (Lipinski definition) is 2. The second kappa shape index (κ2) is 4.50. The van der Waals surface area contributed by atoms with Crippen LogP contribution in [-0.4, -0.2) is 17.5 Å². The Morgan fingerprint density at radius 3 is 2.77 bits per heavy atom. The summed E-state index contributed by atoms with van der Waals surface area (Å²) in [5.74, 6) is 0. The lowest BCUT2D eigenvalue weighted by molar-refractivity contribution is 0.319. The molecule has 13 heavy (non-hydrogen) atoms. The molecular weight excluding hydrogens is 164 g/mol. The summed E-state index contributed by atoms with van der Waals surface area (Å²) >= 11 is 0. The maximum Gasteiger partial charge on any atom is 0.0857 e. The third-order valence-electron chi connectivity index (χ3n) is 1.83. The highest BCUT2D eigenvalue weighted by Crippen LogP contribution is 2.15. The second-order valence-electron chi connectivity index (χ2n) is 2.76. The van der Waals surface area contributed by atoms with Gasteiger partial charge in [-0.1, -0.05) is 23.4 Å². The van der Waals surface area contributed by atoms with E-state index in [0.29, 0.717) is 5.71 Å². The molecule has 0 unspecified atom stereocenters. The summed E-state index contributed by atoms with van der Waals surface area (Å²) in [5.41, 5.74) is 2.56. The number of oxime groups is 1. The highest BCUT2D eigenvalue weighted by Gasteiger charge is 2.02. The van der Waals surface area contributed by atoms with Gasteiger partial charge >= 0.3 is 0 Å². The highest BCUT2D eigenvalue weighted by atomic mass is 16.4. The molecule has 3 heteroatoms. The van der Waals surface area contributed by atoms with E-state index in [2.05, 4.69) is 10.5 Å². The average Bonchev–Trinajstić information content (AvgIpc) is 2.18. The van der Waals surface area contributed by atoms with Gasteiger partial charge in [-0.15, -0.1) is 0 Å². The van der Waals surface area contributed by atoms with Gasteiger partial charge in [-0.05, 0) is 19.9 Å². The fraction of sp³-hybridized carbons (Fsp3) is 0.300. The van der Waals surface area contributed by atoms with Gasteiger partial charge in [0, 0.05) is 17.8 Å². The highest BCUT2D eigenvalue weighted by molar-refractivity contribution is 6.03. The monoisotopic (exact) mass is 178 g/mol. The smallest absolute Gasteiger partial charge is 0.0857 e. The van der Waals surface area contributed by atoms with Crippen LogP contribution >= 0.6 is 0 Å². The molecule has 0 spiro atoms. The molecule has 0 aromatic heterocycles. The first-order chi connectivity index (χ1) is 6.29. The summed E-state index contributed by atoms with van der Waals surface area (Å²) in [5, 5.41) is 15.0. The van der Waals surface area contributed by atoms with E-state index in [1.54, 1.807) is 6.92 Å². The lowest BCUT2D eigenvalue weighted by Gasteiger charge is -2.08. The van der Waals surface area contributed by atoms with Gasteiger partial charge in [-0.25, -0.2) is 0 Å². The van der Waals surface area contributed by atoms with Gasteiger partial charge in [-0.3, -0.25) is 0 Å². The van der Waals surface area contributed by atoms with Crippen molar-refractivity contribution in [2.45, 2.75) is 13.8 Å². The van der Waals surface area contributed by atoms with Crippen LogP contribution < -0.4 is 5.32 Å². The van der Waals surface area contributed by atoms with E-state index in [-0.39, 0.29) is 0 Å². The van der Waals surface area contributed by atoms with Gasteiger partial charge in [0.15, 0.2) is 0 Å². The average molecular weight is 178 g/mol. The molecule has 70 valence electrons. The number of para-hydroxylation sites is 1. The topological polar surface area (TPSA) is 44.6 Å². The Labute approximate surface area is 78.1 Å². The first-order valence-electron chi connectivity index (χ1n) is 4.31. The van der Waals surface area contributed by atoms with Gasteiger partial charge in [-0.2, -0.15) is 0 Å². The van der Waals surface area contributed by atoms with Crippen molar-refractivity contribution in [3.8, 4) is 0 Å². The molecule has 0 fully saturated rings. The Kier molecular flexibility index (Phi) is 3.31. The normalized spacial score (nSPS) is 11.4. The van der Waals surface area contributed by atoms with Crippen LogP contribution in [-0.2, 0) is 0 Å². The van der Waals surface area contributed by atoms with Crippen molar-refractivity contribution in [3.05, 3.63) is 29.8 Å². The Balaban J connectivity index is 3.04. The number of anilines is 1. The third-order valence-corrected chi connectivity index (χ3v) is 1.83. The van der Waals surface area contributed by atoms with Gasteiger partial charge in [0.2, 0.25) is 0 Å². The molecule has 0 heterocycles. The number of rotatable bonds is 3. The molecule has 3 nitrogen and oxygen atoms in total. The predicted molar refractivity (Wildman–Crippen MR) is 54.6 cm³/mol. The second-order valence-corrected chi connectivity index (χ2v) is 2.76. The third kappa shape index (κ3) is 2.21. The SMILES string of the molecule is CCNc1ccccc1/C(C)=N/O. The summed E-state index contributed by atoms with van der Waals surface area (Å²) in [7, 11) is 0. The summed E-state index contributed by atoms with van der Waals surface area (Å²) in [6, 6.07) is 7.76. The van der Waals surface area contributed by atoms with Crippen molar-refractivity contribution < 1.29 is 5.21 Å². The molecule has 0 atom stereocenters. The number of hydrogen-bond acceptors (Lipinski definition) is 3. The molecule has 0 saturated carbocycles. The first-order valence-corrected chi connectivity index (χ1v) is 4.31. The lowest BCUT2D eigenvalue weighted by atomic mass is 10.1. The molecule has 0 saturated heterocycles. The van der Waals surface area contributed by atoms with Crippen molar-refractivity contribution in [1.82, 2.24) is 0 Å². The summed E-state index contributed by atoms with van der Waals surface area (Å²) in [6.07, 6.45) is 0. The molecule has 1 aromatic rings. The van der Waals surface area contributed by atoms with Crippen LogP contribution in [0, 0.1) is 0 Å². The van der Waals surface area contributed by atoms with Crippen LogP contribution in [0.2, 0.25) is 0 Å². The minimum atomic E-state index is 0.622. The van der Waals surface area contributed by atoms with Crippen LogP contribution in [0.3, 0.4) is 0 Å². The molecule has 0 radical (unpaired) electrons. The van der Waals surface area contributed by atoms with Gasteiger partial charge in [0.25, 0.3) is 0 Å². The van der Waals surface area contributed by atoms with Crippen molar-refractivity contribution in [2.75, 3.05) is 11.9 Å². The number of nitrogens with one attached hydrogen (secondary N) is 1. The van der Waals surface area contributed by atoms with E-state index in [1.807, 2.05) is 31.2 Å². The van der Waals surface area contributed by atoms with E-state index in [4.69, 9.17) is 5.21 Å². The fourth-order valence-corrected chi connectivity index (χ4v) is 1.20. The molecule has 1 aromatic carbocycles. The van der Waals surface area contributed by atoms with E-state index in [0.717, 1.165) is 17.8 Å². The quantitative estimate of drug-likeness (QED) is 0.424. The molecule has 0 aliphatic carbocycles. The van der Waals surface area contributed by atoms with Crippen LogP contribution in [0.1, 0.15) is 19.4 Å². The maximum absolute atomic E-state index is 8.64. The van der Waals surface area contributed by atoms with Gasteiger partial charge in [0.05, 0.1) is 5.71 Å². The van der Waals surface area contributed by atoms with Crippen molar-refractivity contribution in [2.24, 2.45) is 5.16 Å². The van der Waals surface area contributed by atoms with Gasteiger partial charge < -0.3 is 10.5 Å². The Hall–Kier alpha value is -1.51. The summed E-state index contributed by atoms with van der Waals surface area (Å²) < 4.78 is 0. The maximum atomic E-state index is 8.64. The minimum Gasteiger partial charge on any atom is -0.411 e. The molecule has 0 amide bonds. The summed E-state index contributed by atoms with van der Waals surface area (Å²) in [4.78, 5) is 0. The van der Waals surface area contributed by atoms with E-state index >= 15 is 0 Å². The number of benzene rings is 1. The van der Waals surface area contributed by atoms with Crippen molar-refractivity contribution >= 4 is 11.4 Å².